The standard InChI is InChI=1S/C12H15ClFN3OS/c1-12(2,3)15-11(19)17-16-10(18)8-6-7(13)4-5-9(8)14/h4-6H,1-3H3,(H,16,18)(H2,15,17,19). The van der Waals surface area contributed by atoms with Gasteiger partial charge in [0.25, 0.3) is 5.91 Å². The molecule has 7 heteroatoms. The quantitative estimate of drug-likeness (QED) is 0.551. The second-order valence-electron chi connectivity index (χ2n) is 4.91. The van der Waals surface area contributed by atoms with Crippen LogP contribution >= 0.6 is 23.8 Å². The molecule has 1 rings (SSSR count). The summed E-state index contributed by atoms with van der Waals surface area (Å²) in [6, 6.07) is 3.74. The summed E-state index contributed by atoms with van der Waals surface area (Å²) < 4.78 is 13.4. The summed E-state index contributed by atoms with van der Waals surface area (Å²) in [6.07, 6.45) is 0. The fraction of sp³-hybridized carbons (Fsp3) is 0.333. The number of thiocarbonyl (C=S) groups is 1. The molecular weight excluding hydrogens is 289 g/mol. The SMILES string of the molecule is CC(C)(C)NC(=S)NNC(=O)c1cc(Cl)ccc1F. The lowest BCUT2D eigenvalue weighted by molar-refractivity contribution is 0.0939. The lowest BCUT2D eigenvalue weighted by atomic mass is 10.1. The van der Waals surface area contributed by atoms with Crippen LogP contribution in [0.4, 0.5) is 4.39 Å². The molecular formula is C12H15ClFN3OS. The molecule has 0 spiro atoms. The number of benzene rings is 1. The van der Waals surface area contributed by atoms with Gasteiger partial charge in [0.1, 0.15) is 5.82 Å². The summed E-state index contributed by atoms with van der Waals surface area (Å²) in [4.78, 5) is 11.7. The van der Waals surface area contributed by atoms with Crippen molar-refractivity contribution in [2.24, 2.45) is 0 Å². The van der Waals surface area contributed by atoms with Crippen molar-refractivity contribution < 1.29 is 9.18 Å². The molecule has 0 heterocycles. The van der Waals surface area contributed by atoms with Crippen LogP contribution in [-0.4, -0.2) is 16.6 Å². The highest BCUT2D eigenvalue weighted by molar-refractivity contribution is 7.80. The highest BCUT2D eigenvalue weighted by atomic mass is 35.5. The van der Waals surface area contributed by atoms with E-state index in [1.165, 1.54) is 12.1 Å². The number of hydrazine groups is 1. The van der Waals surface area contributed by atoms with Crippen LogP contribution in [0.1, 0.15) is 31.1 Å². The van der Waals surface area contributed by atoms with Crippen molar-refractivity contribution in [2.45, 2.75) is 26.3 Å². The van der Waals surface area contributed by atoms with Crippen molar-refractivity contribution in [2.75, 3.05) is 0 Å². The molecule has 3 N–H and O–H groups in total. The molecule has 0 bridgehead atoms. The van der Waals surface area contributed by atoms with E-state index in [4.69, 9.17) is 23.8 Å². The number of halogens is 2. The Labute approximate surface area is 121 Å². The molecule has 0 atom stereocenters. The van der Waals surface area contributed by atoms with E-state index in [1.807, 2.05) is 20.8 Å². The van der Waals surface area contributed by atoms with Crippen LogP contribution < -0.4 is 16.2 Å². The number of nitrogens with one attached hydrogen (secondary N) is 3. The third-order valence-corrected chi connectivity index (χ3v) is 2.39. The zero-order chi connectivity index (χ0) is 14.6. The first-order valence-corrected chi connectivity index (χ1v) is 6.31. The molecule has 1 aromatic rings. The first-order valence-electron chi connectivity index (χ1n) is 5.52. The smallest absolute Gasteiger partial charge is 0.272 e. The molecule has 0 aliphatic rings. The van der Waals surface area contributed by atoms with Gasteiger partial charge in [-0.2, -0.15) is 0 Å². The Morgan fingerprint density at radius 1 is 1.32 bits per heavy atom. The largest absolute Gasteiger partial charge is 0.357 e. The summed E-state index contributed by atoms with van der Waals surface area (Å²) in [5.41, 5.74) is 4.40. The van der Waals surface area contributed by atoms with Gasteiger partial charge in [-0.25, -0.2) is 4.39 Å². The zero-order valence-electron chi connectivity index (χ0n) is 10.8. The fourth-order valence-corrected chi connectivity index (χ4v) is 1.75. The molecule has 0 aliphatic heterocycles. The molecule has 0 radical (unpaired) electrons. The predicted molar refractivity (Wildman–Crippen MR) is 77.5 cm³/mol. The molecule has 0 aromatic heterocycles. The van der Waals surface area contributed by atoms with Crippen molar-refractivity contribution in [1.82, 2.24) is 16.2 Å². The molecule has 1 aromatic carbocycles. The van der Waals surface area contributed by atoms with Crippen molar-refractivity contribution in [3.05, 3.63) is 34.6 Å². The third kappa shape index (κ3) is 5.40. The van der Waals surface area contributed by atoms with Gasteiger partial charge in [0.05, 0.1) is 5.56 Å². The molecule has 4 nitrogen and oxygen atoms in total. The topological polar surface area (TPSA) is 53.2 Å². The minimum Gasteiger partial charge on any atom is -0.357 e. The molecule has 19 heavy (non-hydrogen) atoms. The van der Waals surface area contributed by atoms with Gasteiger partial charge >= 0.3 is 0 Å². The molecule has 1 amide bonds. The van der Waals surface area contributed by atoms with Crippen molar-refractivity contribution in [3.8, 4) is 0 Å². The van der Waals surface area contributed by atoms with E-state index >= 15 is 0 Å². The van der Waals surface area contributed by atoms with E-state index in [9.17, 15) is 9.18 Å². The Balaban J connectivity index is 2.61. The predicted octanol–water partition coefficient (Wildman–Crippen LogP) is 2.39. The molecule has 104 valence electrons. The number of carbonyl (C=O) groups excluding carboxylic acids is 1. The number of hydrogen-bond acceptors (Lipinski definition) is 2. The minimum absolute atomic E-state index is 0.154. The van der Waals surface area contributed by atoms with Crippen molar-refractivity contribution in [1.29, 1.82) is 0 Å². The average Bonchev–Trinajstić information content (AvgIpc) is 2.27. The Morgan fingerprint density at radius 3 is 2.53 bits per heavy atom. The lowest BCUT2D eigenvalue weighted by Crippen LogP contribution is -2.52. The van der Waals surface area contributed by atoms with E-state index in [-0.39, 0.29) is 21.2 Å². The lowest BCUT2D eigenvalue weighted by Gasteiger charge is -2.23. The Hall–Kier alpha value is -1.40. The van der Waals surface area contributed by atoms with Crippen molar-refractivity contribution >= 4 is 34.8 Å². The van der Waals surface area contributed by atoms with Gasteiger partial charge in [0.2, 0.25) is 0 Å². The third-order valence-electron chi connectivity index (χ3n) is 1.95. The summed E-state index contributed by atoms with van der Waals surface area (Å²) in [5, 5.41) is 3.46. The number of hydrogen-bond donors (Lipinski definition) is 3. The van der Waals surface area contributed by atoms with Crippen LogP contribution in [0.3, 0.4) is 0 Å². The summed E-state index contributed by atoms with van der Waals surface area (Å²) in [5.74, 6) is -1.31. The highest BCUT2D eigenvalue weighted by Gasteiger charge is 2.14. The molecule has 0 saturated heterocycles. The number of rotatable bonds is 1. The maximum atomic E-state index is 13.4. The summed E-state index contributed by atoms with van der Waals surface area (Å²) >= 11 is 10.7. The zero-order valence-corrected chi connectivity index (χ0v) is 12.4. The molecule has 0 unspecified atom stereocenters. The van der Waals surface area contributed by atoms with Crippen molar-refractivity contribution in [3.63, 3.8) is 0 Å². The van der Waals surface area contributed by atoms with E-state index < -0.39 is 11.7 Å². The first-order chi connectivity index (χ1) is 8.69. The molecule has 0 fully saturated rings. The van der Waals surface area contributed by atoms with E-state index in [0.29, 0.717) is 0 Å². The fourth-order valence-electron chi connectivity index (χ4n) is 1.22. The summed E-state index contributed by atoms with van der Waals surface area (Å²) in [6.45, 7) is 5.75. The molecule has 0 aliphatic carbocycles. The van der Waals surface area contributed by atoms with Crippen LogP contribution in [0, 0.1) is 5.82 Å². The maximum absolute atomic E-state index is 13.4. The normalized spacial score (nSPS) is 10.8. The van der Waals surface area contributed by atoms with Gasteiger partial charge in [0, 0.05) is 10.6 Å². The second-order valence-corrected chi connectivity index (χ2v) is 5.75. The van der Waals surface area contributed by atoms with Crippen LogP contribution in [0.2, 0.25) is 5.02 Å². The van der Waals surface area contributed by atoms with Gasteiger partial charge in [-0.3, -0.25) is 15.6 Å². The van der Waals surface area contributed by atoms with Gasteiger partial charge in [-0.15, -0.1) is 0 Å². The van der Waals surface area contributed by atoms with Crippen LogP contribution in [0.5, 0.6) is 0 Å². The first kappa shape index (κ1) is 15.7. The summed E-state index contributed by atoms with van der Waals surface area (Å²) in [7, 11) is 0. The van der Waals surface area contributed by atoms with Gasteiger partial charge in [-0.05, 0) is 51.2 Å². The van der Waals surface area contributed by atoms with Gasteiger partial charge in [0.15, 0.2) is 5.11 Å². The minimum atomic E-state index is -0.655. The Morgan fingerprint density at radius 2 is 1.95 bits per heavy atom. The number of amides is 1. The van der Waals surface area contributed by atoms with Gasteiger partial charge in [-0.1, -0.05) is 11.6 Å². The van der Waals surface area contributed by atoms with Crippen LogP contribution in [0.15, 0.2) is 18.2 Å². The monoisotopic (exact) mass is 303 g/mol. The molecule has 0 saturated carbocycles. The van der Waals surface area contributed by atoms with Gasteiger partial charge < -0.3 is 5.32 Å². The Kier molecular flexibility index (Phi) is 5.08. The maximum Gasteiger partial charge on any atom is 0.272 e. The van der Waals surface area contributed by atoms with Crippen LogP contribution in [-0.2, 0) is 0 Å². The Bertz CT molecular complexity index is 502. The van der Waals surface area contributed by atoms with Crippen LogP contribution in [0.25, 0.3) is 0 Å². The average molecular weight is 304 g/mol. The van der Waals surface area contributed by atoms with E-state index in [1.54, 1.807) is 0 Å². The van der Waals surface area contributed by atoms with E-state index in [2.05, 4.69) is 16.2 Å². The highest BCUT2D eigenvalue weighted by Crippen LogP contribution is 2.14. The van der Waals surface area contributed by atoms with E-state index in [0.717, 1.165) is 6.07 Å². The number of carbonyl (C=O) groups is 1. The second kappa shape index (κ2) is 6.16.